The summed E-state index contributed by atoms with van der Waals surface area (Å²) < 4.78 is 48.0. The van der Waals surface area contributed by atoms with Crippen molar-refractivity contribution < 1.29 is 17.6 Å². The highest BCUT2D eigenvalue weighted by molar-refractivity contribution is 7.89. The van der Waals surface area contributed by atoms with Crippen LogP contribution in [0.5, 0.6) is 0 Å². The number of aryl methyl sites for hydroxylation is 1. The SMILES string of the molecule is Cc1ccc(C(CNS(=O)(=O)c2cccc3nsnc23)N2CCOCC2)o1. The zero-order chi connectivity index (χ0) is 18.9. The number of ether oxygens (including phenoxy) is 1. The maximum absolute atomic E-state index is 12.9. The largest absolute Gasteiger partial charge is 0.465 e. The minimum absolute atomic E-state index is 0.144. The smallest absolute Gasteiger partial charge is 0.242 e. The number of nitrogens with zero attached hydrogens (tertiary/aromatic N) is 3. The first-order valence-corrected chi connectivity index (χ1v) is 10.8. The molecular weight excluding hydrogens is 388 g/mol. The zero-order valence-corrected chi connectivity index (χ0v) is 16.4. The fraction of sp³-hybridized carbons (Fsp3) is 0.412. The third-order valence-electron chi connectivity index (χ3n) is 4.58. The summed E-state index contributed by atoms with van der Waals surface area (Å²) >= 11 is 1.00. The summed E-state index contributed by atoms with van der Waals surface area (Å²) in [5.41, 5.74) is 0.973. The van der Waals surface area contributed by atoms with E-state index in [4.69, 9.17) is 9.15 Å². The van der Waals surface area contributed by atoms with Gasteiger partial charge in [0, 0.05) is 19.6 Å². The van der Waals surface area contributed by atoms with Crippen LogP contribution in [0.4, 0.5) is 0 Å². The van der Waals surface area contributed by atoms with Crippen molar-refractivity contribution in [3.8, 4) is 0 Å². The summed E-state index contributed by atoms with van der Waals surface area (Å²) in [5.74, 6) is 1.54. The molecule has 0 radical (unpaired) electrons. The van der Waals surface area contributed by atoms with E-state index in [0.717, 1.165) is 36.3 Å². The molecule has 1 saturated heterocycles. The van der Waals surface area contributed by atoms with E-state index in [9.17, 15) is 8.42 Å². The lowest BCUT2D eigenvalue weighted by molar-refractivity contribution is 0.0127. The maximum atomic E-state index is 12.9. The number of morpholine rings is 1. The van der Waals surface area contributed by atoms with E-state index in [1.807, 2.05) is 19.1 Å². The van der Waals surface area contributed by atoms with Gasteiger partial charge in [-0.25, -0.2) is 13.1 Å². The van der Waals surface area contributed by atoms with Crippen LogP contribution in [0.25, 0.3) is 11.0 Å². The molecule has 0 saturated carbocycles. The van der Waals surface area contributed by atoms with E-state index >= 15 is 0 Å². The van der Waals surface area contributed by atoms with Crippen LogP contribution in [-0.2, 0) is 14.8 Å². The Labute approximate surface area is 161 Å². The van der Waals surface area contributed by atoms with Crippen LogP contribution in [0.1, 0.15) is 17.6 Å². The minimum atomic E-state index is -3.74. The molecule has 2 aromatic heterocycles. The van der Waals surface area contributed by atoms with Crippen molar-refractivity contribution >= 4 is 32.8 Å². The lowest BCUT2D eigenvalue weighted by Gasteiger charge is -2.33. The van der Waals surface area contributed by atoms with Crippen molar-refractivity contribution in [3.63, 3.8) is 0 Å². The Morgan fingerprint density at radius 1 is 1.22 bits per heavy atom. The number of nitrogens with one attached hydrogen (secondary N) is 1. The number of fused-ring (bicyclic) bond motifs is 1. The highest BCUT2D eigenvalue weighted by atomic mass is 32.2. The van der Waals surface area contributed by atoms with Gasteiger partial charge in [0.1, 0.15) is 27.4 Å². The van der Waals surface area contributed by atoms with Crippen LogP contribution in [0.15, 0.2) is 39.6 Å². The number of hydrogen-bond donors (Lipinski definition) is 1. The quantitative estimate of drug-likeness (QED) is 0.666. The molecule has 8 nitrogen and oxygen atoms in total. The third kappa shape index (κ3) is 3.90. The van der Waals surface area contributed by atoms with Crippen LogP contribution in [0, 0.1) is 6.92 Å². The third-order valence-corrected chi connectivity index (χ3v) is 6.58. The molecule has 0 spiro atoms. The molecule has 1 unspecified atom stereocenters. The van der Waals surface area contributed by atoms with Crippen molar-refractivity contribution in [1.82, 2.24) is 18.4 Å². The van der Waals surface area contributed by atoms with Gasteiger partial charge in [0.15, 0.2) is 0 Å². The van der Waals surface area contributed by atoms with Gasteiger partial charge in [-0.1, -0.05) is 6.07 Å². The van der Waals surface area contributed by atoms with E-state index < -0.39 is 10.0 Å². The predicted molar refractivity (Wildman–Crippen MR) is 101 cm³/mol. The molecule has 0 bridgehead atoms. The highest BCUT2D eigenvalue weighted by Gasteiger charge is 2.28. The molecule has 27 heavy (non-hydrogen) atoms. The van der Waals surface area contributed by atoms with Gasteiger partial charge in [-0.05, 0) is 31.2 Å². The van der Waals surface area contributed by atoms with Crippen LogP contribution < -0.4 is 4.72 Å². The van der Waals surface area contributed by atoms with Gasteiger partial charge >= 0.3 is 0 Å². The van der Waals surface area contributed by atoms with E-state index in [0.29, 0.717) is 24.2 Å². The van der Waals surface area contributed by atoms with Crippen LogP contribution >= 0.6 is 11.7 Å². The molecule has 1 aliphatic rings. The van der Waals surface area contributed by atoms with Crippen LogP contribution in [-0.4, -0.2) is 54.9 Å². The zero-order valence-electron chi connectivity index (χ0n) is 14.8. The lowest BCUT2D eigenvalue weighted by Crippen LogP contribution is -2.43. The second-order valence-corrected chi connectivity index (χ2v) is 8.62. The number of benzene rings is 1. The molecule has 10 heteroatoms. The Hall–Kier alpha value is -1.85. The predicted octanol–water partition coefficient (Wildman–Crippen LogP) is 1.94. The Bertz CT molecular complexity index is 1020. The first kappa shape index (κ1) is 18.5. The standard InChI is InChI=1S/C17H20N4O4S2/c1-12-5-6-15(25-12)14(21-7-9-24-10-8-21)11-18-27(22,23)16-4-2-3-13-17(16)20-26-19-13/h2-6,14,18H,7-11H2,1H3. The molecule has 0 aliphatic carbocycles. The molecule has 4 rings (SSSR count). The number of furan rings is 1. The van der Waals surface area contributed by atoms with Gasteiger partial charge in [0.05, 0.1) is 31.0 Å². The van der Waals surface area contributed by atoms with Crippen molar-refractivity contribution in [2.75, 3.05) is 32.8 Å². The van der Waals surface area contributed by atoms with E-state index in [2.05, 4.69) is 18.4 Å². The molecule has 1 fully saturated rings. The summed E-state index contributed by atoms with van der Waals surface area (Å²) in [5, 5.41) is 0. The van der Waals surface area contributed by atoms with Gasteiger partial charge in [-0.2, -0.15) is 8.75 Å². The van der Waals surface area contributed by atoms with Crippen molar-refractivity contribution in [2.45, 2.75) is 17.9 Å². The molecule has 3 aromatic rings. The van der Waals surface area contributed by atoms with Gasteiger partial charge in [-0.15, -0.1) is 0 Å². The van der Waals surface area contributed by atoms with Crippen molar-refractivity contribution in [1.29, 1.82) is 0 Å². The summed E-state index contributed by atoms with van der Waals surface area (Å²) in [7, 11) is -3.74. The van der Waals surface area contributed by atoms with Gasteiger partial charge in [-0.3, -0.25) is 4.90 Å². The Balaban J connectivity index is 1.58. The number of hydrogen-bond acceptors (Lipinski definition) is 8. The second-order valence-electron chi connectivity index (χ2n) is 6.35. The topological polar surface area (TPSA) is 97.6 Å². The second kappa shape index (κ2) is 7.64. The number of aromatic nitrogens is 2. The van der Waals surface area contributed by atoms with E-state index in [1.54, 1.807) is 18.2 Å². The Kier molecular flexibility index (Phi) is 5.24. The lowest BCUT2D eigenvalue weighted by atomic mass is 10.2. The summed E-state index contributed by atoms with van der Waals surface area (Å²) in [6.45, 7) is 4.75. The molecule has 1 aliphatic heterocycles. The average Bonchev–Trinajstić information content (AvgIpc) is 3.31. The monoisotopic (exact) mass is 408 g/mol. The molecule has 144 valence electrons. The van der Waals surface area contributed by atoms with Crippen molar-refractivity contribution in [2.24, 2.45) is 0 Å². The fourth-order valence-corrected chi connectivity index (χ4v) is 5.00. The molecular formula is C17H20N4O4S2. The summed E-state index contributed by atoms with van der Waals surface area (Å²) in [4.78, 5) is 2.32. The van der Waals surface area contributed by atoms with Gasteiger partial charge in [0.2, 0.25) is 10.0 Å². The van der Waals surface area contributed by atoms with Crippen LogP contribution in [0.2, 0.25) is 0 Å². The van der Waals surface area contributed by atoms with Gasteiger partial charge in [0.25, 0.3) is 0 Å². The summed E-state index contributed by atoms with van der Waals surface area (Å²) in [6, 6.07) is 8.55. The van der Waals surface area contributed by atoms with E-state index in [1.165, 1.54) is 0 Å². The van der Waals surface area contributed by atoms with Gasteiger partial charge < -0.3 is 9.15 Å². The first-order valence-electron chi connectivity index (χ1n) is 8.64. The average molecular weight is 409 g/mol. The fourth-order valence-electron chi connectivity index (χ4n) is 3.20. The molecule has 1 N–H and O–H groups in total. The minimum Gasteiger partial charge on any atom is -0.465 e. The molecule has 1 aromatic carbocycles. The normalized spacial score (nSPS) is 17.4. The Morgan fingerprint density at radius 2 is 2.04 bits per heavy atom. The summed E-state index contributed by atoms with van der Waals surface area (Å²) in [6.07, 6.45) is 0. The molecule has 0 amide bonds. The van der Waals surface area contributed by atoms with E-state index in [-0.39, 0.29) is 17.5 Å². The molecule has 1 atom stereocenters. The van der Waals surface area contributed by atoms with Crippen LogP contribution in [0.3, 0.4) is 0 Å². The Morgan fingerprint density at radius 3 is 2.78 bits per heavy atom. The highest BCUT2D eigenvalue weighted by Crippen LogP contribution is 2.25. The number of sulfonamides is 1. The first-order chi connectivity index (χ1) is 13.0. The maximum Gasteiger partial charge on any atom is 0.242 e. The van der Waals surface area contributed by atoms with Crippen molar-refractivity contribution in [3.05, 3.63) is 41.9 Å². The molecule has 3 heterocycles. The number of rotatable bonds is 6.